The summed E-state index contributed by atoms with van der Waals surface area (Å²) in [5, 5.41) is 7.37. The number of hydrogen-bond donors (Lipinski definition) is 1. The molecule has 22 heavy (non-hydrogen) atoms. The first kappa shape index (κ1) is 14.0. The zero-order valence-electron chi connectivity index (χ0n) is 12.3. The summed E-state index contributed by atoms with van der Waals surface area (Å²) in [7, 11) is 1.66. The van der Waals surface area contributed by atoms with E-state index in [0.717, 1.165) is 11.3 Å². The van der Waals surface area contributed by atoms with E-state index in [1.807, 2.05) is 31.2 Å². The third-order valence-electron chi connectivity index (χ3n) is 3.25. The number of nitrogens with one attached hydrogen (secondary N) is 1. The maximum absolute atomic E-state index is 5.39. The highest BCUT2D eigenvalue weighted by molar-refractivity contribution is 5.43. The van der Waals surface area contributed by atoms with Crippen molar-refractivity contribution in [3.63, 3.8) is 0 Å². The molecule has 7 heteroatoms. The number of anilines is 1. The Morgan fingerprint density at radius 2 is 2.05 bits per heavy atom. The van der Waals surface area contributed by atoms with Crippen LogP contribution in [0.15, 0.2) is 49.3 Å². The van der Waals surface area contributed by atoms with E-state index in [4.69, 9.17) is 4.74 Å². The Hall–Kier alpha value is -2.96. The Morgan fingerprint density at radius 1 is 1.18 bits per heavy atom. The summed E-state index contributed by atoms with van der Waals surface area (Å²) in [6, 6.07) is 7.90. The fourth-order valence-electron chi connectivity index (χ4n) is 2.19. The molecular weight excluding hydrogens is 280 g/mol. The summed E-state index contributed by atoms with van der Waals surface area (Å²) in [4.78, 5) is 12.6. The highest BCUT2D eigenvalue weighted by atomic mass is 16.5. The van der Waals surface area contributed by atoms with Gasteiger partial charge in [-0.2, -0.15) is 5.10 Å². The molecular formula is C15H16N6O. The molecule has 0 saturated heterocycles. The van der Waals surface area contributed by atoms with Crippen LogP contribution in [0.4, 0.5) is 5.82 Å². The highest BCUT2D eigenvalue weighted by Crippen LogP contribution is 2.26. The summed E-state index contributed by atoms with van der Waals surface area (Å²) in [5.41, 5.74) is 1.05. The summed E-state index contributed by atoms with van der Waals surface area (Å²) in [6.45, 7) is 2.04. The fraction of sp³-hybridized carbons (Fsp3) is 0.200. The molecule has 0 aliphatic heterocycles. The topological polar surface area (TPSA) is 77.8 Å². The normalized spacial score (nSPS) is 11.9. The molecule has 0 bridgehead atoms. The van der Waals surface area contributed by atoms with Crippen LogP contribution in [0.25, 0.3) is 5.82 Å². The molecule has 0 aliphatic rings. The van der Waals surface area contributed by atoms with Gasteiger partial charge in [-0.3, -0.25) is 4.98 Å². The molecule has 0 fully saturated rings. The van der Waals surface area contributed by atoms with Gasteiger partial charge in [-0.1, -0.05) is 18.2 Å². The van der Waals surface area contributed by atoms with Gasteiger partial charge in [0.15, 0.2) is 5.82 Å². The van der Waals surface area contributed by atoms with Crippen molar-refractivity contribution in [3.05, 3.63) is 54.9 Å². The van der Waals surface area contributed by atoms with E-state index >= 15 is 0 Å². The molecule has 2 heterocycles. The first-order valence-corrected chi connectivity index (χ1v) is 6.84. The third kappa shape index (κ3) is 2.88. The Bertz CT molecular complexity index is 743. The molecule has 0 amide bonds. The summed E-state index contributed by atoms with van der Waals surface area (Å²) in [6.07, 6.45) is 6.34. The SMILES string of the molecule is COc1ccccc1C(C)Nc1cncc(-n2cncn2)n1. The first-order valence-electron chi connectivity index (χ1n) is 6.84. The minimum Gasteiger partial charge on any atom is -0.496 e. The maximum Gasteiger partial charge on any atom is 0.175 e. The van der Waals surface area contributed by atoms with Gasteiger partial charge in [0.05, 0.1) is 25.5 Å². The number of nitrogens with zero attached hydrogens (tertiary/aromatic N) is 5. The van der Waals surface area contributed by atoms with E-state index < -0.39 is 0 Å². The van der Waals surface area contributed by atoms with Crippen molar-refractivity contribution in [2.45, 2.75) is 13.0 Å². The predicted octanol–water partition coefficient (Wildman–Crippen LogP) is 2.24. The average molecular weight is 296 g/mol. The lowest BCUT2D eigenvalue weighted by Gasteiger charge is -2.17. The van der Waals surface area contributed by atoms with Crippen LogP contribution >= 0.6 is 0 Å². The number of methoxy groups -OCH3 is 1. The van der Waals surface area contributed by atoms with Gasteiger partial charge in [0.25, 0.3) is 0 Å². The molecule has 2 aromatic heterocycles. The average Bonchev–Trinajstić information content (AvgIpc) is 3.09. The minimum atomic E-state index is 0.0245. The number of ether oxygens (including phenoxy) is 1. The molecule has 0 aliphatic carbocycles. The Kier molecular flexibility index (Phi) is 3.95. The van der Waals surface area contributed by atoms with E-state index in [1.165, 1.54) is 6.33 Å². The van der Waals surface area contributed by atoms with Gasteiger partial charge in [-0.25, -0.2) is 14.6 Å². The molecule has 0 saturated carbocycles. The second-order valence-corrected chi connectivity index (χ2v) is 4.71. The number of rotatable bonds is 5. The summed E-state index contributed by atoms with van der Waals surface area (Å²) < 4.78 is 6.95. The third-order valence-corrected chi connectivity index (χ3v) is 3.25. The van der Waals surface area contributed by atoms with Crippen LogP contribution in [0.3, 0.4) is 0 Å². The van der Waals surface area contributed by atoms with Crippen molar-refractivity contribution in [1.82, 2.24) is 24.7 Å². The predicted molar refractivity (Wildman–Crippen MR) is 82.0 cm³/mol. The van der Waals surface area contributed by atoms with Crippen molar-refractivity contribution >= 4 is 5.82 Å². The zero-order chi connectivity index (χ0) is 15.4. The van der Waals surface area contributed by atoms with Gasteiger partial charge >= 0.3 is 0 Å². The molecule has 7 nitrogen and oxygen atoms in total. The van der Waals surface area contributed by atoms with Crippen molar-refractivity contribution in [1.29, 1.82) is 0 Å². The highest BCUT2D eigenvalue weighted by Gasteiger charge is 2.12. The quantitative estimate of drug-likeness (QED) is 0.778. The van der Waals surface area contributed by atoms with E-state index in [-0.39, 0.29) is 6.04 Å². The van der Waals surface area contributed by atoms with Gasteiger partial charge in [-0.15, -0.1) is 0 Å². The van der Waals surface area contributed by atoms with Crippen LogP contribution in [0, 0.1) is 0 Å². The number of para-hydroxylation sites is 1. The van der Waals surface area contributed by atoms with Crippen molar-refractivity contribution < 1.29 is 4.74 Å². The molecule has 3 aromatic rings. The van der Waals surface area contributed by atoms with Crippen molar-refractivity contribution in [2.24, 2.45) is 0 Å². The summed E-state index contributed by atoms with van der Waals surface area (Å²) >= 11 is 0. The lowest BCUT2D eigenvalue weighted by Crippen LogP contribution is -2.11. The van der Waals surface area contributed by atoms with Crippen LogP contribution in [0.1, 0.15) is 18.5 Å². The van der Waals surface area contributed by atoms with Gasteiger partial charge in [-0.05, 0) is 13.0 Å². The Morgan fingerprint density at radius 3 is 2.82 bits per heavy atom. The molecule has 0 radical (unpaired) electrons. The molecule has 1 N–H and O–H groups in total. The lowest BCUT2D eigenvalue weighted by molar-refractivity contribution is 0.408. The van der Waals surface area contributed by atoms with Crippen molar-refractivity contribution in [2.75, 3.05) is 12.4 Å². The minimum absolute atomic E-state index is 0.0245. The molecule has 0 spiro atoms. The molecule has 3 rings (SSSR count). The van der Waals surface area contributed by atoms with Crippen LogP contribution < -0.4 is 10.1 Å². The van der Waals surface area contributed by atoms with Gasteiger partial charge in [0.1, 0.15) is 24.2 Å². The molecule has 1 aromatic carbocycles. The van der Waals surface area contributed by atoms with Crippen molar-refractivity contribution in [3.8, 4) is 11.6 Å². The van der Waals surface area contributed by atoms with E-state index in [9.17, 15) is 0 Å². The van der Waals surface area contributed by atoms with E-state index in [1.54, 1.807) is 30.5 Å². The number of benzene rings is 1. The summed E-state index contributed by atoms with van der Waals surface area (Å²) in [5.74, 6) is 2.10. The molecule has 1 unspecified atom stereocenters. The van der Waals surface area contributed by atoms with Crippen LogP contribution in [0.5, 0.6) is 5.75 Å². The molecule has 1 atom stereocenters. The van der Waals surface area contributed by atoms with Gasteiger partial charge in [0.2, 0.25) is 0 Å². The van der Waals surface area contributed by atoms with Crippen LogP contribution in [-0.4, -0.2) is 31.8 Å². The maximum atomic E-state index is 5.39. The van der Waals surface area contributed by atoms with E-state index in [0.29, 0.717) is 11.6 Å². The molecule has 112 valence electrons. The monoisotopic (exact) mass is 296 g/mol. The second-order valence-electron chi connectivity index (χ2n) is 4.71. The largest absolute Gasteiger partial charge is 0.496 e. The fourth-order valence-corrected chi connectivity index (χ4v) is 2.19. The number of aromatic nitrogens is 5. The Balaban J connectivity index is 1.82. The smallest absolute Gasteiger partial charge is 0.175 e. The van der Waals surface area contributed by atoms with Gasteiger partial charge in [0, 0.05) is 5.56 Å². The first-order chi connectivity index (χ1) is 10.8. The van der Waals surface area contributed by atoms with Gasteiger partial charge < -0.3 is 10.1 Å². The zero-order valence-corrected chi connectivity index (χ0v) is 12.3. The Labute approximate surface area is 128 Å². The lowest BCUT2D eigenvalue weighted by atomic mass is 10.1. The second kappa shape index (κ2) is 6.21. The van der Waals surface area contributed by atoms with Crippen LogP contribution in [0.2, 0.25) is 0 Å². The standard InChI is InChI=1S/C15H16N6O/c1-11(12-5-3-4-6-13(12)22-2)19-14-7-16-8-15(20-14)21-10-17-9-18-21/h3-11H,1-2H3,(H,19,20). The number of hydrogen-bond acceptors (Lipinski definition) is 6. The van der Waals surface area contributed by atoms with E-state index in [2.05, 4.69) is 25.4 Å². The van der Waals surface area contributed by atoms with Crippen LogP contribution in [-0.2, 0) is 0 Å².